The van der Waals surface area contributed by atoms with Crippen molar-refractivity contribution in [1.29, 1.82) is 0 Å². The molecule has 26 heavy (non-hydrogen) atoms. The maximum absolute atomic E-state index is 12.2. The number of hydrogen-bond acceptors (Lipinski definition) is 5. The normalized spacial score (nSPS) is 11.0. The van der Waals surface area contributed by atoms with E-state index in [0.717, 1.165) is 27.7 Å². The summed E-state index contributed by atoms with van der Waals surface area (Å²) in [7, 11) is 3.41. The maximum atomic E-state index is 12.2. The summed E-state index contributed by atoms with van der Waals surface area (Å²) in [6.07, 6.45) is 6.77. The molecule has 132 valence electrons. The minimum Gasteiger partial charge on any atom is -0.496 e. The predicted molar refractivity (Wildman–Crippen MR) is 103 cm³/mol. The number of nitrogens with zero attached hydrogens (tertiary/aromatic N) is 3. The van der Waals surface area contributed by atoms with Crippen LogP contribution in [-0.4, -0.2) is 27.7 Å². The number of ketones is 1. The molecule has 2 aromatic heterocycles. The van der Waals surface area contributed by atoms with Gasteiger partial charge in [0.15, 0.2) is 0 Å². The van der Waals surface area contributed by atoms with E-state index < -0.39 is 0 Å². The van der Waals surface area contributed by atoms with Crippen LogP contribution in [0, 0.1) is 0 Å². The summed E-state index contributed by atoms with van der Waals surface area (Å²) in [5, 5.41) is 4.98. The minimum absolute atomic E-state index is 0.0785. The number of thioether (sulfide) groups is 1. The van der Waals surface area contributed by atoms with Crippen LogP contribution in [0.2, 0.25) is 0 Å². The first-order valence-corrected chi connectivity index (χ1v) is 9.07. The number of aromatic nitrogens is 3. The molecule has 0 aliphatic carbocycles. The van der Waals surface area contributed by atoms with E-state index in [1.165, 1.54) is 0 Å². The van der Waals surface area contributed by atoms with Crippen molar-refractivity contribution in [3.8, 4) is 5.75 Å². The van der Waals surface area contributed by atoms with Gasteiger partial charge in [-0.2, -0.15) is 5.10 Å². The van der Waals surface area contributed by atoms with Crippen LogP contribution in [0.25, 0.3) is 6.08 Å². The van der Waals surface area contributed by atoms with E-state index in [2.05, 4.69) is 10.1 Å². The molecule has 0 spiro atoms. The van der Waals surface area contributed by atoms with Crippen molar-refractivity contribution in [2.24, 2.45) is 7.05 Å². The average molecular weight is 365 g/mol. The van der Waals surface area contributed by atoms with Crippen molar-refractivity contribution in [1.82, 2.24) is 14.8 Å². The van der Waals surface area contributed by atoms with Gasteiger partial charge < -0.3 is 4.74 Å². The molecule has 0 unspecified atom stereocenters. The van der Waals surface area contributed by atoms with E-state index in [4.69, 9.17) is 4.74 Å². The van der Waals surface area contributed by atoms with Gasteiger partial charge in [-0.3, -0.25) is 9.48 Å². The van der Waals surface area contributed by atoms with Crippen LogP contribution in [0.4, 0.5) is 0 Å². The summed E-state index contributed by atoms with van der Waals surface area (Å²) in [5.41, 5.74) is 2.55. The Labute approximate surface area is 156 Å². The fourth-order valence-corrected chi connectivity index (χ4v) is 3.31. The topological polar surface area (TPSA) is 57.0 Å². The number of pyridine rings is 1. The molecule has 0 bridgehead atoms. The van der Waals surface area contributed by atoms with Gasteiger partial charge in [-0.25, -0.2) is 4.98 Å². The highest BCUT2D eigenvalue weighted by Gasteiger charge is 2.08. The first-order valence-electron chi connectivity index (χ1n) is 8.08. The number of rotatable bonds is 7. The van der Waals surface area contributed by atoms with E-state index in [0.29, 0.717) is 5.69 Å². The van der Waals surface area contributed by atoms with Gasteiger partial charge in [0.1, 0.15) is 11.4 Å². The molecular formula is C20H19N3O2S. The third-order valence-corrected chi connectivity index (χ3v) is 4.81. The van der Waals surface area contributed by atoms with Crippen molar-refractivity contribution >= 4 is 23.6 Å². The first-order chi connectivity index (χ1) is 12.7. The van der Waals surface area contributed by atoms with Crippen LogP contribution in [0.5, 0.6) is 5.75 Å². The van der Waals surface area contributed by atoms with Crippen LogP contribution in [-0.2, 0) is 12.8 Å². The second kappa shape index (κ2) is 8.49. The quantitative estimate of drug-likeness (QED) is 0.360. The molecule has 0 N–H and O–H groups in total. The molecule has 1 aromatic carbocycles. The second-order valence-corrected chi connectivity index (χ2v) is 6.56. The van der Waals surface area contributed by atoms with Crippen LogP contribution in [0.3, 0.4) is 0 Å². The summed E-state index contributed by atoms with van der Waals surface area (Å²) in [6.45, 7) is 0. The highest BCUT2D eigenvalue weighted by Crippen LogP contribution is 2.28. The molecule has 6 heteroatoms. The zero-order valence-electron chi connectivity index (χ0n) is 14.6. The molecule has 2 heterocycles. The standard InChI is InChI=1S/C20H19N3O2S/c1-23-17(10-12-22-23)18(24)8-6-15-7-9-19(25-2)16(13-15)14-26-20-5-3-4-11-21-20/h3-13H,14H2,1-2H3/b8-6+. The fraction of sp³-hybridized carbons (Fsp3) is 0.150. The lowest BCUT2D eigenvalue weighted by Crippen LogP contribution is -2.03. The molecule has 0 aliphatic heterocycles. The zero-order chi connectivity index (χ0) is 18.4. The molecular weight excluding hydrogens is 346 g/mol. The molecule has 3 aromatic rings. The second-order valence-electron chi connectivity index (χ2n) is 5.57. The Morgan fingerprint density at radius 1 is 1.23 bits per heavy atom. The molecule has 0 atom stereocenters. The van der Waals surface area contributed by atoms with Crippen LogP contribution in [0.1, 0.15) is 21.6 Å². The smallest absolute Gasteiger partial charge is 0.203 e. The summed E-state index contributed by atoms with van der Waals surface area (Å²) in [5.74, 6) is 1.48. The number of carbonyl (C=O) groups excluding carboxylic acids is 1. The van der Waals surface area contributed by atoms with E-state index in [-0.39, 0.29) is 5.78 Å². The fourth-order valence-electron chi connectivity index (χ4n) is 2.47. The van der Waals surface area contributed by atoms with Gasteiger partial charge in [0.25, 0.3) is 0 Å². The lowest BCUT2D eigenvalue weighted by Gasteiger charge is -2.09. The van der Waals surface area contributed by atoms with Gasteiger partial charge in [-0.1, -0.05) is 18.2 Å². The van der Waals surface area contributed by atoms with Gasteiger partial charge in [0.05, 0.1) is 12.1 Å². The summed E-state index contributed by atoms with van der Waals surface area (Å²) in [6, 6.07) is 13.4. The number of ether oxygens (including phenoxy) is 1. The van der Waals surface area contributed by atoms with Gasteiger partial charge in [-0.15, -0.1) is 11.8 Å². The number of allylic oxidation sites excluding steroid dienone is 1. The SMILES string of the molecule is COc1ccc(/C=C/C(=O)c2ccnn2C)cc1CSc1ccccn1. The third-order valence-electron chi connectivity index (χ3n) is 3.82. The summed E-state index contributed by atoms with van der Waals surface area (Å²) >= 11 is 1.64. The van der Waals surface area contributed by atoms with Gasteiger partial charge in [0.2, 0.25) is 5.78 Å². The van der Waals surface area contributed by atoms with Crippen LogP contribution < -0.4 is 4.74 Å². The minimum atomic E-state index is -0.0785. The Hall–Kier alpha value is -2.86. The molecule has 0 radical (unpaired) electrons. The monoisotopic (exact) mass is 365 g/mol. The Morgan fingerprint density at radius 2 is 2.12 bits per heavy atom. The van der Waals surface area contributed by atoms with Gasteiger partial charge in [-0.05, 0) is 42.0 Å². The Morgan fingerprint density at radius 3 is 2.81 bits per heavy atom. The number of methoxy groups -OCH3 is 1. The highest BCUT2D eigenvalue weighted by molar-refractivity contribution is 7.98. The molecule has 0 amide bonds. The largest absolute Gasteiger partial charge is 0.496 e. The van der Waals surface area contributed by atoms with E-state index >= 15 is 0 Å². The molecule has 0 fully saturated rings. The lowest BCUT2D eigenvalue weighted by molar-refractivity contribution is 0.103. The summed E-state index contributed by atoms with van der Waals surface area (Å²) in [4.78, 5) is 16.6. The van der Waals surface area contributed by atoms with Crippen LogP contribution >= 0.6 is 11.8 Å². The third kappa shape index (κ3) is 4.40. The molecule has 3 rings (SSSR count). The first kappa shape index (κ1) is 17.9. The van der Waals surface area contributed by atoms with Crippen molar-refractivity contribution in [2.75, 3.05) is 7.11 Å². The van der Waals surface area contributed by atoms with Crippen molar-refractivity contribution < 1.29 is 9.53 Å². The van der Waals surface area contributed by atoms with Gasteiger partial charge >= 0.3 is 0 Å². The molecule has 0 aliphatic rings. The number of hydrogen-bond donors (Lipinski definition) is 0. The Balaban J connectivity index is 1.75. The average Bonchev–Trinajstić information content (AvgIpc) is 3.11. The van der Waals surface area contributed by atoms with E-state index in [1.54, 1.807) is 55.1 Å². The van der Waals surface area contributed by atoms with Crippen molar-refractivity contribution in [2.45, 2.75) is 10.8 Å². The van der Waals surface area contributed by atoms with Crippen LogP contribution in [0.15, 0.2) is 66.0 Å². The zero-order valence-corrected chi connectivity index (χ0v) is 15.4. The molecule has 0 saturated heterocycles. The predicted octanol–water partition coefficient (Wildman–Crippen LogP) is 4.01. The highest BCUT2D eigenvalue weighted by atomic mass is 32.2. The molecule has 5 nitrogen and oxygen atoms in total. The molecule has 0 saturated carbocycles. The number of benzene rings is 1. The lowest BCUT2D eigenvalue weighted by atomic mass is 10.1. The summed E-state index contributed by atoms with van der Waals surface area (Å²) < 4.78 is 7.02. The maximum Gasteiger partial charge on any atom is 0.203 e. The van der Waals surface area contributed by atoms with E-state index in [1.807, 2.05) is 42.5 Å². The Bertz CT molecular complexity index is 920. The van der Waals surface area contributed by atoms with Crippen molar-refractivity contribution in [3.05, 3.63) is 77.8 Å². The van der Waals surface area contributed by atoms with E-state index in [9.17, 15) is 4.79 Å². The van der Waals surface area contributed by atoms with Gasteiger partial charge in [0, 0.05) is 30.8 Å². The number of carbonyl (C=O) groups is 1. The van der Waals surface area contributed by atoms with Crippen molar-refractivity contribution in [3.63, 3.8) is 0 Å². The Kier molecular flexibility index (Phi) is 5.86. The number of aryl methyl sites for hydroxylation is 1.